The van der Waals surface area contributed by atoms with Crippen LogP contribution in [0.3, 0.4) is 0 Å². The monoisotopic (exact) mass is 302 g/mol. The molecule has 5 heteroatoms. The van der Waals surface area contributed by atoms with E-state index in [2.05, 4.69) is 10.3 Å². The van der Waals surface area contributed by atoms with E-state index < -0.39 is 0 Å². The summed E-state index contributed by atoms with van der Waals surface area (Å²) < 4.78 is 10.9. The molecule has 1 aliphatic rings. The van der Waals surface area contributed by atoms with Gasteiger partial charge in [0, 0.05) is 48.3 Å². The van der Waals surface area contributed by atoms with E-state index in [1.54, 1.807) is 0 Å². The number of ether oxygens (including phenoxy) is 2. The van der Waals surface area contributed by atoms with Gasteiger partial charge in [-0.3, -0.25) is 4.79 Å². The summed E-state index contributed by atoms with van der Waals surface area (Å²) in [6.07, 6.45) is 3.79. The molecule has 0 aliphatic carbocycles. The first-order valence-corrected chi connectivity index (χ1v) is 7.84. The second-order valence-corrected chi connectivity index (χ2v) is 5.69. The lowest BCUT2D eigenvalue weighted by Crippen LogP contribution is -2.25. The van der Waals surface area contributed by atoms with Crippen molar-refractivity contribution in [3.63, 3.8) is 0 Å². The van der Waals surface area contributed by atoms with E-state index in [0.29, 0.717) is 24.6 Å². The van der Waals surface area contributed by atoms with Crippen molar-refractivity contribution in [2.75, 3.05) is 33.0 Å². The van der Waals surface area contributed by atoms with Gasteiger partial charge in [-0.05, 0) is 37.1 Å². The number of aromatic nitrogens is 1. The first kappa shape index (κ1) is 15.1. The molecule has 1 atom stereocenters. The number of H-pyrrole nitrogens is 1. The molecule has 1 aliphatic heterocycles. The molecule has 0 saturated carbocycles. The van der Waals surface area contributed by atoms with Crippen molar-refractivity contribution >= 4 is 16.8 Å². The van der Waals surface area contributed by atoms with Crippen molar-refractivity contribution in [1.82, 2.24) is 10.3 Å². The summed E-state index contributed by atoms with van der Waals surface area (Å²) in [5.41, 5.74) is 1.73. The number of benzene rings is 1. The smallest absolute Gasteiger partial charge is 0.251 e. The maximum Gasteiger partial charge on any atom is 0.251 e. The molecule has 0 bridgehead atoms. The van der Waals surface area contributed by atoms with E-state index in [9.17, 15) is 4.79 Å². The predicted molar refractivity (Wildman–Crippen MR) is 85.0 cm³/mol. The van der Waals surface area contributed by atoms with Gasteiger partial charge in [-0.15, -0.1) is 0 Å². The highest BCUT2D eigenvalue weighted by atomic mass is 16.5. The van der Waals surface area contributed by atoms with Gasteiger partial charge in [-0.1, -0.05) is 0 Å². The van der Waals surface area contributed by atoms with Crippen LogP contribution in [0, 0.1) is 5.92 Å². The van der Waals surface area contributed by atoms with Crippen LogP contribution in [0.5, 0.6) is 0 Å². The highest BCUT2D eigenvalue weighted by Crippen LogP contribution is 2.14. The minimum Gasteiger partial charge on any atom is -0.381 e. The van der Waals surface area contributed by atoms with Crippen molar-refractivity contribution < 1.29 is 14.3 Å². The average Bonchev–Trinajstić information content (AvgIpc) is 3.20. The molecule has 0 radical (unpaired) electrons. The highest BCUT2D eigenvalue weighted by molar-refractivity contribution is 5.98. The quantitative estimate of drug-likeness (QED) is 0.772. The minimum atomic E-state index is -0.0349. The van der Waals surface area contributed by atoms with Gasteiger partial charge >= 0.3 is 0 Å². The number of carbonyl (C=O) groups is 1. The van der Waals surface area contributed by atoms with Crippen molar-refractivity contribution in [2.24, 2.45) is 5.92 Å². The number of rotatable bonds is 7. The normalized spacial score (nSPS) is 17.9. The molecule has 1 unspecified atom stereocenters. The van der Waals surface area contributed by atoms with Gasteiger partial charge in [0.05, 0.1) is 13.2 Å². The Morgan fingerprint density at radius 1 is 1.41 bits per heavy atom. The summed E-state index contributed by atoms with van der Waals surface area (Å²) in [6, 6.07) is 7.63. The molecule has 5 nitrogen and oxygen atoms in total. The molecular weight excluding hydrogens is 280 g/mol. The van der Waals surface area contributed by atoms with E-state index in [1.807, 2.05) is 30.5 Å². The number of carbonyl (C=O) groups excluding carboxylic acids is 1. The lowest BCUT2D eigenvalue weighted by atomic mass is 10.1. The third-order valence-electron chi connectivity index (χ3n) is 3.94. The molecule has 2 N–H and O–H groups in total. The molecule has 3 rings (SSSR count). The van der Waals surface area contributed by atoms with E-state index in [0.717, 1.165) is 43.6 Å². The van der Waals surface area contributed by atoms with Gasteiger partial charge < -0.3 is 19.8 Å². The van der Waals surface area contributed by atoms with Crippen LogP contribution in [0.4, 0.5) is 0 Å². The predicted octanol–water partition coefficient (Wildman–Crippen LogP) is 2.34. The largest absolute Gasteiger partial charge is 0.381 e. The zero-order valence-electron chi connectivity index (χ0n) is 12.6. The first-order chi connectivity index (χ1) is 10.8. The summed E-state index contributed by atoms with van der Waals surface area (Å²) >= 11 is 0. The summed E-state index contributed by atoms with van der Waals surface area (Å²) in [5.74, 6) is 0.509. The van der Waals surface area contributed by atoms with Crippen LogP contribution in [0.2, 0.25) is 0 Å². The maximum atomic E-state index is 12.1. The van der Waals surface area contributed by atoms with Crippen LogP contribution in [0.25, 0.3) is 10.9 Å². The minimum absolute atomic E-state index is 0.0349. The summed E-state index contributed by atoms with van der Waals surface area (Å²) in [6.45, 7) is 3.74. The number of hydrogen-bond donors (Lipinski definition) is 2. The summed E-state index contributed by atoms with van der Waals surface area (Å²) in [4.78, 5) is 15.2. The van der Waals surface area contributed by atoms with Crippen LogP contribution in [0.1, 0.15) is 23.2 Å². The fraction of sp³-hybridized carbons (Fsp3) is 0.471. The van der Waals surface area contributed by atoms with E-state index in [4.69, 9.17) is 9.47 Å². The lowest BCUT2D eigenvalue weighted by molar-refractivity contribution is 0.0853. The molecule has 1 aromatic heterocycles. The van der Waals surface area contributed by atoms with Gasteiger partial charge in [-0.2, -0.15) is 0 Å². The second kappa shape index (κ2) is 7.42. The van der Waals surface area contributed by atoms with Crippen molar-refractivity contribution in [2.45, 2.75) is 12.8 Å². The first-order valence-electron chi connectivity index (χ1n) is 7.84. The number of hydrogen-bond acceptors (Lipinski definition) is 3. The van der Waals surface area contributed by atoms with E-state index in [1.165, 1.54) is 0 Å². The number of fused-ring (bicyclic) bond motifs is 1. The standard InChI is InChI=1S/C17H22N2O3/c20-17(15-2-3-16-14(10-15)4-7-18-16)19-6-1-8-21-11-13-5-9-22-12-13/h2-4,7,10,13,18H,1,5-6,8-9,11-12H2,(H,19,20). The highest BCUT2D eigenvalue weighted by Gasteiger charge is 2.15. The Hall–Kier alpha value is -1.85. The zero-order valence-corrected chi connectivity index (χ0v) is 12.6. The Kier molecular flexibility index (Phi) is 5.08. The summed E-state index contributed by atoms with van der Waals surface area (Å²) in [5, 5.41) is 3.98. The van der Waals surface area contributed by atoms with Gasteiger partial charge in [0.1, 0.15) is 0 Å². The molecule has 1 fully saturated rings. The van der Waals surface area contributed by atoms with Crippen LogP contribution in [-0.4, -0.2) is 43.9 Å². The van der Waals surface area contributed by atoms with E-state index in [-0.39, 0.29) is 5.91 Å². The molecule has 1 saturated heterocycles. The SMILES string of the molecule is O=C(NCCCOCC1CCOC1)c1ccc2[nH]ccc2c1. The third kappa shape index (κ3) is 3.87. The molecule has 1 amide bonds. The molecular formula is C17H22N2O3. The van der Waals surface area contributed by atoms with Gasteiger partial charge in [0.2, 0.25) is 0 Å². The molecule has 1 aromatic carbocycles. The maximum absolute atomic E-state index is 12.1. The fourth-order valence-corrected chi connectivity index (χ4v) is 2.64. The number of amides is 1. The Balaban J connectivity index is 1.35. The molecule has 2 aromatic rings. The zero-order chi connectivity index (χ0) is 15.2. The third-order valence-corrected chi connectivity index (χ3v) is 3.94. The average molecular weight is 302 g/mol. The van der Waals surface area contributed by atoms with Crippen LogP contribution >= 0.6 is 0 Å². The Morgan fingerprint density at radius 3 is 3.23 bits per heavy atom. The number of aromatic amines is 1. The topological polar surface area (TPSA) is 63.4 Å². The fourth-order valence-electron chi connectivity index (χ4n) is 2.64. The number of nitrogens with one attached hydrogen (secondary N) is 2. The van der Waals surface area contributed by atoms with Crippen molar-refractivity contribution in [1.29, 1.82) is 0 Å². The van der Waals surface area contributed by atoms with Crippen LogP contribution in [0.15, 0.2) is 30.5 Å². The Bertz CT molecular complexity index is 617. The molecule has 2 heterocycles. The van der Waals surface area contributed by atoms with Gasteiger partial charge in [-0.25, -0.2) is 0 Å². The van der Waals surface area contributed by atoms with Crippen molar-refractivity contribution in [3.8, 4) is 0 Å². The van der Waals surface area contributed by atoms with E-state index >= 15 is 0 Å². The molecule has 22 heavy (non-hydrogen) atoms. The van der Waals surface area contributed by atoms with Gasteiger partial charge in [0.25, 0.3) is 5.91 Å². The van der Waals surface area contributed by atoms with Crippen LogP contribution < -0.4 is 5.32 Å². The van der Waals surface area contributed by atoms with Gasteiger partial charge in [0.15, 0.2) is 0 Å². The Labute approximate surface area is 130 Å². The Morgan fingerprint density at radius 2 is 2.36 bits per heavy atom. The summed E-state index contributed by atoms with van der Waals surface area (Å²) in [7, 11) is 0. The molecule has 0 spiro atoms. The second-order valence-electron chi connectivity index (χ2n) is 5.69. The molecule has 118 valence electrons. The van der Waals surface area contributed by atoms with Crippen molar-refractivity contribution in [3.05, 3.63) is 36.0 Å². The lowest BCUT2D eigenvalue weighted by Gasteiger charge is -2.09. The van der Waals surface area contributed by atoms with Crippen LogP contribution in [-0.2, 0) is 9.47 Å².